The van der Waals surface area contributed by atoms with E-state index >= 15 is 0 Å². The lowest BCUT2D eigenvalue weighted by Crippen LogP contribution is -2.07. The summed E-state index contributed by atoms with van der Waals surface area (Å²) in [7, 11) is 0. The number of pyridine rings is 1. The molecule has 0 bridgehead atoms. The van der Waals surface area contributed by atoms with Crippen LogP contribution in [-0.2, 0) is 6.18 Å². The van der Waals surface area contributed by atoms with E-state index in [1.807, 2.05) is 0 Å². The molecule has 1 aromatic carbocycles. The van der Waals surface area contributed by atoms with Crippen LogP contribution in [0.25, 0.3) is 16.9 Å². The molecule has 3 aromatic rings. The first kappa shape index (κ1) is 13.4. The minimum Gasteiger partial charge on any atom is -0.369 e. The summed E-state index contributed by atoms with van der Waals surface area (Å²) in [4.78, 5) is 8.42. The number of nitrogen functional groups attached to an aromatic ring is 1. The van der Waals surface area contributed by atoms with Crippen molar-refractivity contribution in [3.63, 3.8) is 0 Å². The zero-order valence-corrected chi connectivity index (χ0v) is 11.0. The molecule has 4 nitrogen and oxygen atoms in total. The molecule has 21 heavy (non-hydrogen) atoms. The van der Waals surface area contributed by atoms with Gasteiger partial charge in [-0.2, -0.15) is 13.2 Å². The average Bonchev–Trinajstić information content (AvgIpc) is 2.73. The van der Waals surface area contributed by atoms with E-state index in [-0.39, 0.29) is 11.6 Å². The Balaban J connectivity index is 2.25. The molecule has 108 valence electrons. The summed E-state index contributed by atoms with van der Waals surface area (Å²) in [6.45, 7) is 1.79. The van der Waals surface area contributed by atoms with Gasteiger partial charge in [0.1, 0.15) is 5.52 Å². The van der Waals surface area contributed by atoms with E-state index in [9.17, 15) is 13.2 Å². The Morgan fingerprint density at radius 2 is 1.86 bits per heavy atom. The number of aromatic nitrogens is 3. The summed E-state index contributed by atoms with van der Waals surface area (Å²) in [5.74, 6) is 0.0995. The maximum Gasteiger partial charge on any atom is 0.416 e. The molecular formula is C14H11F3N4. The molecule has 3 rings (SSSR count). The zero-order valence-electron chi connectivity index (χ0n) is 11.0. The number of halogens is 3. The van der Waals surface area contributed by atoms with Gasteiger partial charge in [0.25, 0.3) is 0 Å². The predicted molar refractivity (Wildman–Crippen MR) is 73.0 cm³/mol. The highest BCUT2D eigenvalue weighted by Gasteiger charge is 2.30. The van der Waals surface area contributed by atoms with E-state index < -0.39 is 11.7 Å². The van der Waals surface area contributed by atoms with Gasteiger partial charge in [0, 0.05) is 5.69 Å². The van der Waals surface area contributed by atoms with Crippen molar-refractivity contribution in [3.05, 3.63) is 47.7 Å². The highest BCUT2D eigenvalue weighted by atomic mass is 19.4. The van der Waals surface area contributed by atoms with Crippen LogP contribution in [0, 0.1) is 6.92 Å². The third-order valence-corrected chi connectivity index (χ3v) is 3.10. The Kier molecular flexibility index (Phi) is 2.86. The zero-order chi connectivity index (χ0) is 15.2. The fourth-order valence-corrected chi connectivity index (χ4v) is 2.15. The van der Waals surface area contributed by atoms with Crippen molar-refractivity contribution < 1.29 is 13.2 Å². The minimum atomic E-state index is -4.41. The Morgan fingerprint density at radius 1 is 1.10 bits per heavy atom. The van der Waals surface area contributed by atoms with E-state index in [0.29, 0.717) is 11.2 Å². The number of benzene rings is 1. The lowest BCUT2D eigenvalue weighted by atomic mass is 10.2. The molecule has 0 spiro atoms. The number of nitrogens with two attached hydrogens (primary N) is 1. The lowest BCUT2D eigenvalue weighted by molar-refractivity contribution is -0.137. The molecule has 0 saturated heterocycles. The second kappa shape index (κ2) is 4.47. The van der Waals surface area contributed by atoms with Crippen LogP contribution in [-0.4, -0.2) is 14.5 Å². The second-order valence-corrected chi connectivity index (χ2v) is 4.65. The molecule has 2 aromatic heterocycles. The van der Waals surface area contributed by atoms with Crippen LogP contribution in [0.4, 0.5) is 19.1 Å². The van der Waals surface area contributed by atoms with Gasteiger partial charge in [-0.1, -0.05) is 6.07 Å². The summed E-state index contributed by atoms with van der Waals surface area (Å²) in [6, 6.07) is 8.42. The van der Waals surface area contributed by atoms with Crippen LogP contribution in [0.1, 0.15) is 11.3 Å². The maximum atomic E-state index is 12.8. The number of alkyl halides is 3. The standard InChI is InChI=1S/C14H11F3N4/c1-8-5-6-11-12(19-8)21(13(18)20-11)10-4-2-3-9(7-10)14(15,16)17/h2-7H,1H3,(H2,18,20). The number of rotatable bonds is 1. The molecule has 0 fully saturated rings. The molecule has 2 heterocycles. The van der Waals surface area contributed by atoms with Gasteiger partial charge in [-0.3, -0.25) is 4.57 Å². The molecule has 2 N–H and O–H groups in total. The summed E-state index contributed by atoms with van der Waals surface area (Å²) >= 11 is 0. The van der Waals surface area contributed by atoms with Crippen LogP contribution in [0.15, 0.2) is 36.4 Å². The van der Waals surface area contributed by atoms with Crippen molar-refractivity contribution in [3.8, 4) is 5.69 Å². The molecule has 0 atom stereocenters. The van der Waals surface area contributed by atoms with Gasteiger partial charge in [0.2, 0.25) is 5.95 Å². The molecular weight excluding hydrogens is 281 g/mol. The maximum absolute atomic E-state index is 12.8. The van der Waals surface area contributed by atoms with E-state index in [4.69, 9.17) is 5.73 Å². The van der Waals surface area contributed by atoms with Gasteiger partial charge >= 0.3 is 6.18 Å². The van der Waals surface area contributed by atoms with Crippen LogP contribution in [0.3, 0.4) is 0 Å². The van der Waals surface area contributed by atoms with E-state index in [2.05, 4.69) is 9.97 Å². The summed E-state index contributed by atoms with van der Waals surface area (Å²) < 4.78 is 39.9. The van der Waals surface area contributed by atoms with Crippen molar-refractivity contribution in [1.82, 2.24) is 14.5 Å². The fourth-order valence-electron chi connectivity index (χ4n) is 2.15. The molecule has 0 unspecified atom stereocenters. The number of anilines is 1. The number of nitrogens with zero attached hydrogens (tertiary/aromatic N) is 3. The van der Waals surface area contributed by atoms with Gasteiger partial charge in [-0.25, -0.2) is 9.97 Å². The van der Waals surface area contributed by atoms with E-state index in [1.54, 1.807) is 19.1 Å². The topological polar surface area (TPSA) is 56.7 Å². The number of imidazole rings is 1. The van der Waals surface area contributed by atoms with Gasteiger partial charge in [0.05, 0.1) is 11.3 Å². The third kappa shape index (κ3) is 2.31. The van der Waals surface area contributed by atoms with Crippen LogP contribution >= 0.6 is 0 Å². The number of hydrogen-bond acceptors (Lipinski definition) is 3. The highest BCUT2D eigenvalue weighted by Crippen LogP contribution is 2.31. The molecule has 0 amide bonds. The van der Waals surface area contributed by atoms with Crippen molar-refractivity contribution in [1.29, 1.82) is 0 Å². The number of fused-ring (bicyclic) bond motifs is 1. The quantitative estimate of drug-likeness (QED) is 0.748. The van der Waals surface area contributed by atoms with Crippen molar-refractivity contribution in [2.24, 2.45) is 0 Å². The molecule has 0 aliphatic rings. The normalized spacial score (nSPS) is 12.0. The average molecular weight is 292 g/mol. The second-order valence-electron chi connectivity index (χ2n) is 4.65. The largest absolute Gasteiger partial charge is 0.416 e. The highest BCUT2D eigenvalue weighted by molar-refractivity contribution is 5.77. The van der Waals surface area contributed by atoms with Crippen molar-refractivity contribution in [2.75, 3.05) is 5.73 Å². The fraction of sp³-hybridized carbons (Fsp3) is 0.143. The van der Waals surface area contributed by atoms with E-state index in [1.165, 1.54) is 16.7 Å². The van der Waals surface area contributed by atoms with Crippen LogP contribution in [0.5, 0.6) is 0 Å². The smallest absolute Gasteiger partial charge is 0.369 e. The minimum absolute atomic E-state index is 0.0995. The summed E-state index contributed by atoms with van der Waals surface area (Å²) in [5.41, 5.74) is 7.07. The molecule has 0 aliphatic carbocycles. The Bertz CT molecular complexity index is 821. The first-order valence-corrected chi connectivity index (χ1v) is 6.15. The first-order chi connectivity index (χ1) is 9.86. The summed E-state index contributed by atoms with van der Waals surface area (Å²) in [5, 5.41) is 0. The van der Waals surface area contributed by atoms with Crippen molar-refractivity contribution in [2.45, 2.75) is 13.1 Å². The Morgan fingerprint density at radius 3 is 2.57 bits per heavy atom. The molecule has 7 heteroatoms. The predicted octanol–water partition coefficient (Wildman–Crippen LogP) is 3.33. The number of aryl methyl sites for hydroxylation is 1. The van der Waals surface area contributed by atoms with Gasteiger partial charge < -0.3 is 5.73 Å². The van der Waals surface area contributed by atoms with Gasteiger partial charge in [0.15, 0.2) is 5.65 Å². The van der Waals surface area contributed by atoms with Gasteiger partial charge in [-0.15, -0.1) is 0 Å². The SMILES string of the molecule is Cc1ccc2nc(N)n(-c3cccc(C(F)(F)F)c3)c2n1. The van der Waals surface area contributed by atoms with Crippen LogP contribution < -0.4 is 5.73 Å². The number of hydrogen-bond donors (Lipinski definition) is 1. The molecule has 0 saturated carbocycles. The van der Waals surface area contributed by atoms with Crippen molar-refractivity contribution >= 4 is 17.1 Å². The van der Waals surface area contributed by atoms with Crippen LogP contribution in [0.2, 0.25) is 0 Å². The Labute approximate surface area is 118 Å². The molecule has 0 aliphatic heterocycles. The Hall–Kier alpha value is -2.57. The van der Waals surface area contributed by atoms with Gasteiger partial charge in [-0.05, 0) is 37.3 Å². The van der Waals surface area contributed by atoms with E-state index in [0.717, 1.165) is 17.8 Å². The summed E-state index contributed by atoms with van der Waals surface area (Å²) in [6.07, 6.45) is -4.41. The molecule has 0 radical (unpaired) electrons. The monoisotopic (exact) mass is 292 g/mol. The lowest BCUT2D eigenvalue weighted by Gasteiger charge is -2.10. The third-order valence-electron chi connectivity index (χ3n) is 3.10. The first-order valence-electron chi connectivity index (χ1n) is 6.15.